The first-order valence-electron chi connectivity index (χ1n) is 8.36. The van der Waals surface area contributed by atoms with Crippen LogP contribution in [0.4, 0.5) is 0 Å². The second-order valence-corrected chi connectivity index (χ2v) is 6.13. The topological polar surface area (TPSA) is 66.2 Å². The minimum Gasteiger partial charge on any atom is -0.465 e. The van der Waals surface area contributed by atoms with E-state index in [0.717, 1.165) is 30.5 Å². The van der Waals surface area contributed by atoms with Crippen molar-refractivity contribution in [1.82, 2.24) is 15.0 Å². The maximum atomic E-state index is 11.5. The molecule has 0 N–H and O–H groups in total. The summed E-state index contributed by atoms with van der Waals surface area (Å²) in [6, 6.07) is 7.31. The number of rotatable bonds is 4. The average Bonchev–Trinajstić information content (AvgIpc) is 2.94. The summed E-state index contributed by atoms with van der Waals surface area (Å²) in [7, 11) is 3.32. The summed E-state index contributed by atoms with van der Waals surface area (Å²) < 4.78 is 12.7. The monoisotopic (exact) mass is 329 g/mol. The first-order valence-corrected chi connectivity index (χ1v) is 8.36. The van der Waals surface area contributed by atoms with Gasteiger partial charge in [-0.1, -0.05) is 30.2 Å². The molecule has 2 aromatic rings. The summed E-state index contributed by atoms with van der Waals surface area (Å²) in [6.07, 6.45) is 5.48. The molecule has 128 valence electrons. The summed E-state index contributed by atoms with van der Waals surface area (Å²) in [5.41, 5.74) is 3.72. The van der Waals surface area contributed by atoms with Crippen LogP contribution in [0.2, 0.25) is 0 Å². The maximum Gasteiger partial charge on any atom is 0.337 e. The lowest BCUT2D eigenvalue weighted by Crippen LogP contribution is -2.12. The number of hydrogen-bond acceptors (Lipinski definition) is 5. The predicted molar refractivity (Wildman–Crippen MR) is 88.5 cm³/mol. The van der Waals surface area contributed by atoms with Crippen molar-refractivity contribution in [2.75, 3.05) is 7.11 Å². The van der Waals surface area contributed by atoms with E-state index in [0.29, 0.717) is 12.2 Å². The van der Waals surface area contributed by atoms with E-state index < -0.39 is 0 Å². The van der Waals surface area contributed by atoms with Gasteiger partial charge in [-0.25, -0.2) is 4.79 Å². The molecular weight excluding hydrogens is 306 g/mol. The summed E-state index contributed by atoms with van der Waals surface area (Å²) in [4.78, 5) is 11.5. The van der Waals surface area contributed by atoms with Crippen LogP contribution in [0, 0.1) is 0 Å². The average molecular weight is 329 g/mol. The van der Waals surface area contributed by atoms with Gasteiger partial charge in [-0.15, -0.1) is 5.10 Å². The molecule has 0 fully saturated rings. The second kappa shape index (κ2) is 7.57. The SMILES string of the molecule is COC(=O)c1ccc(COC2CCCCCc3c2nnn3C)cc1. The molecule has 0 spiro atoms. The third kappa shape index (κ3) is 3.64. The molecule has 6 heteroatoms. The fraction of sp³-hybridized carbons (Fsp3) is 0.500. The van der Waals surface area contributed by atoms with E-state index >= 15 is 0 Å². The standard InChI is InChI=1S/C18H23N3O3/c1-21-15-6-4-3-5-7-16(17(15)19-20-21)24-12-13-8-10-14(11-9-13)18(22)23-2/h8-11,16H,3-7,12H2,1-2H3. The van der Waals surface area contributed by atoms with Crippen LogP contribution in [0.15, 0.2) is 24.3 Å². The zero-order valence-corrected chi connectivity index (χ0v) is 14.2. The Morgan fingerprint density at radius 1 is 1.25 bits per heavy atom. The van der Waals surface area contributed by atoms with E-state index in [9.17, 15) is 4.79 Å². The number of nitrogens with zero attached hydrogens (tertiary/aromatic N) is 3. The first kappa shape index (κ1) is 16.6. The second-order valence-electron chi connectivity index (χ2n) is 6.13. The van der Waals surface area contributed by atoms with E-state index in [1.807, 2.05) is 23.9 Å². The molecule has 0 saturated heterocycles. The Morgan fingerprint density at radius 2 is 2.04 bits per heavy atom. The molecule has 1 aromatic heterocycles. The van der Waals surface area contributed by atoms with Crippen molar-refractivity contribution in [2.45, 2.75) is 44.8 Å². The molecular formula is C18H23N3O3. The quantitative estimate of drug-likeness (QED) is 0.807. The summed E-state index contributed by atoms with van der Waals surface area (Å²) in [5, 5.41) is 8.49. The molecule has 0 aliphatic heterocycles. The van der Waals surface area contributed by atoms with Crippen LogP contribution in [0.1, 0.15) is 59.1 Å². The smallest absolute Gasteiger partial charge is 0.337 e. The zero-order valence-electron chi connectivity index (χ0n) is 14.2. The van der Waals surface area contributed by atoms with Crippen LogP contribution in [0.3, 0.4) is 0 Å². The van der Waals surface area contributed by atoms with Crippen molar-refractivity contribution in [3.05, 3.63) is 46.8 Å². The van der Waals surface area contributed by atoms with Gasteiger partial charge in [0.1, 0.15) is 11.8 Å². The van der Waals surface area contributed by atoms with Crippen LogP contribution in [0.5, 0.6) is 0 Å². The molecule has 1 atom stereocenters. The van der Waals surface area contributed by atoms with Gasteiger partial charge >= 0.3 is 5.97 Å². The van der Waals surface area contributed by atoms with Gasteiger partial charge in [-0.2, -0.15) is 0 Å². The van der Waals surface area contributed by atoms with Crippen LogP contribution < -0.4 is 0 Å². The molecule has 3 rings (SSSR count). The van der Waals surface area contributed by atoms with E-state index in [4.69, 9.17) is 9.47 Å². The largest absolute Gasteiger partial charge is 0.465 e. The van der Waals surface area contributed by atoms with Gasteiger partial charge in [0.05, 0.1) is 25.0 Å². The van der Waals surface area contributed by atoms with Crippen molar-refractivity contribution < 1.29 is 14.3 Å². The van der Waals surface area contributed by atoms with E-state index in [2.05, 4.69) is 10.3 Å². The number of carbonyl (C=O) groups excluding carboxylic acids is 1. The number of carbonyl (C=O) groups is 1. The summed E-state index contributed by atoms with van der Waals surface area (Å²) >= 11 is 0. The summed E-state index contributed by atoms with van der Waals surface area (Å²) in [5.74, 6) is -0.327. The molecule has 0 amide bonds. The van der Waals surface area contributed by atoms with E-state index in [1.54, 1.807) is 12.1 Å². The number of fused-ring (bicyclic) bond motifs is 1. The Labute approximate surface area is 141 Å². The van der Waals surface area contributed by atoms with Gasteiger partial charge in [0.15, 0.2) is 0 Å². The van der Waals surface area contributed by atoms with Gasteiger partial charge in [0, 0.05) is 7.05 Å². The van der Waals surface area contributed by atoms with Crippen molar-refractivity contribution in [3.8, 4) is 0 Å². The molecule has 1 aliphatic rings. The Morgan fingerprint density at radius 3 is 2.79 bits per heavy atom. The van der Waals surface area contributed by atoms with Crippen LogP contribution >= 0.6 is 0 Å². The molecule has 1 aliphatic carbocycles. The van der Waals surface area contributed by atoms with Crippen molar-refractivity contribution in [1.29, 1.82) is 0 Å². The first-order chi connectivity index (χ1) is 11.7. The minimum absolute atomic E-state index is 0.0192. The Balaban J connectivity index is 1.68. The lowest BCUT2D eigenvalue weighted by atomic mass is 9.99. The van der Waals surface area contributed by atoms with Gasteiger partial charge in [0.25, 0.3) is 0 Å². The number of ether oxygens (including phenoxy) is 2. The lowest BCUT2D eigenvalue weighted by molar-refractivity contribution is 0.0276. The number of benzene rings is 1. The highest BCUT2D eigenvalue weighted by molar-refractivity contribution is 5.89. The van der Waals surface area contributed by atoms with Crippen LogP contribution in [-0.4, -0.2) is 28.1 Å². The molecule has 0 bridgehead atoms. The van der Waals surface area contributed by atoms with Gasteiger partial charge in [-0.3, -0.25) is 4.68 Å². The normalized spacial score (nSPS) is 17.7. The number of hydrogen-bond donors (Lipinski definition) is 0. The molecule has 0 radical (unpaired) electrons. The zero-order chi connectivity index (χ0) is 16.9. The van der Waals surface area contributed by atoms with Crippen LogP contribution in [-0.2, 0) is 29.5 Å². The maximum absolute atomic E-state index is 11.5. The molecule has 1 heterocycles. The fourth-order valence-corrected chi connectivity index (χ4v) is 3.08. The van der Waals surface area contributed by atoms with Crippen molar-refractivity contribution in [2.24, 2.45) is 7.05 Å². The minimum atomic E-state index is -0.327. The summed E-state index contributed by atoms with van der Waals surface area (Å²) in [6.45, 7) is 0.488. The fourth-order valence-electron chi connectivity index (χ4n) is 3.08. The Kier molecular flexibility index (Phi) is 5.25. The molecule has 24 heavy (non-hydrogen) atoms. The highest BCUT2D eigenvalue weighted by Crippen LogP contribution is 2.29. The molecule has 0 saturated carbocycles. The Bertz CT molecular complexity index is 694. The van der Waals surface area contributed by atoms with Gasteiger partial charge in [-0.05, 0) is 37.0 Å². The van der Waals surface area contributed by atoms with Gasteiger partial charge < -0.3 is 9.47 Å². The lowest BCUT2D eigenvalue weighted by Gasteiger charge is -2.20. The van der Waals surface area contributed by atoms with Crippen molar-refractivity contribution in [3.63, 3.8) is 0 Å². The third-order valence-corrected chi connectivity index (χ3v) is 4.48. The van der Waals surface area contributed by atoms with E-state index in [1.165, 1.54) is 25.6 Å². The predicted octanol–water partition coefficient (Wildman–Crippen LogP) is 2.98. The number of aryl methyl sites for hydroxylation is 1. The number of esters is 1. The molecule has 6 nitrogen and oxygen atoms in total. The molecule has 1 unspecified atom stereocenters. The molecule has 1 aromatic carbocycles. The number of methoxy groups -OCH3 is 1. The van der Waals surface area contributed by atoms with E-state index in [-0.39, 0.29) is 12.1 Å². The third-order valence-electron chi connectivity index (χ3n) is 4.48. The highest BCUT2D eigenvalue weighted by atomic mass is 16.5. The van der Waals surface area contributed by atoms with Gasteiger partial charge in [0.2, 0.25) is 0 Å². The number of aromatic nitrogens is 3. The highest BCUT2D eigenvalue weighted by Gasteiger charge is 2.23. The Hall–Kier alpha value is -2.21. The van der Waals surface area contributed by atoms with Crippen LogP contribution in [0.25, 0.3) is 0 Å². The van der Waals surface area contributed by atoms with Crippen molar-refractivity contribution >= 4 is 5.97 Å².